The molecule has 16 heavy (non-hydrogen) atoms. The molecule has 90 valence electrons. The Hall–Kier alpha value is -0.0200. The van der Waals surface area contributed by atoms with E-state index in [0.29, 0.717) is 5.41 Å². The summed E-state index contributed by atoms with van der Waals surface area (Å²) in [6.45, 7) is 0. The van der Waals surface area contributed by atoms with Gasteiger partial charge in [0.2, 0.25) is 0 Å². The molecular weight excluding hydrogens is 236 g/mol. The average molecular weight is 256 g/mol. The lowest BCUT2D eigenvalue weighted by molar-refractivity contribution is 0.258. The molecule has 0 unspecified atom stereocenters. The van der Waals surface area contributed by atoms with Crippen LogP contribution >= 0.6 is 24.4 Å². The van der Waals surface area contributed by atoms with E-state index in [4.69, 9.17) is 4.42 Å². The second-order valence-electron chi connectivity index (χ2n) is 4.79. The minimum atomic E-state index is 0.499. The third-order valence-electron chi connectivity index (χ3n) is 3.48. The number of furan rings is 1. The second kappa shape index (κ2) is 6.06. The number of rotatable bonds is 5. The molecule has 1 fully saturated rings. The van der Waals surface area contributed by atoms with E-state index < -0.39 is 0 Å². The molecule has 1 saturated carbocycles. The molecule has 1 aliphatic rings. The highest BCUT2D eigenvalue weighted by Crippen LogP contribution is 2.40. The Labute approximate surface area is 108 Å². The van der Waals surface area contributed by atoms with Gasteiger partial charge in [-0.2, -0.15) is 24.4 Å². The Kier molecular flexibility index (Phi) is 4.71. The first-order valence-corrected chi connectivity index (χ1v) is 7.84. The Morgan fingerprint density at radius 3 is 2.75 bits per heavy atom. The summed E-state index contributed by atoms with van der Waals surface area (Å²) in [5.41, 5.74) is 0.499. The highest BCUT2D eigenvalue weighted by Gasteiger charge is 2.30. The zero-order chi connectivity index (χ0) is 11.3. The zero-order valence-electron chi connectivity index (χ0n) is 9.65. The average Bonchev–Trinajstić information content (AvgIpc) is 2.83. The minimum Gasteiger partial charge on any atom is -0.468 e. The van der Waals surface area contributed by atoms with Gasteiger partial charge in [0.15, 0.2) is 0 Å². The van der Waals surface area contributed by atoms with Crippen molar-refractivity contribution in [2.24, 2.45) is 5.41 Å². The largest absolute Gasteiger partial charge is 0.468 e. The first-order chi connectivity index (χ1) is 7.85. The van der Waals surface area contributed by atoms with Crippen molar-refractivity contribution in [3.63, 3.8) is 0 Å². The molecule has 1 aromatic rings. The third-order valence-corrected chi connectivity index (χ3v) is 5.46. The van der Waals surface area contributed by atoms with Gasteiger partial charge < -0.3 is 4.42 Å². The van der Waals surface area contributed by atoms with Crippen LogP contribution in [-0.2, 0) is 5.75 Å². The van der Waals surface area contributed by atoms with Crippen LogP contribution in [0.25, 0.3) is 0 Å². The van der Waals surface area contributed by atoms with Crippen LogP contribution in [0.1, 0.15) is 37.9 Å². The zero-order valence-corrected chi connectivity index (χ0v) is 11.4. The van der Waals surface area contributed by atoms with Gasteiger partial charge in [0.25, 0.3) is 0 Å². The fourth-order valence-electron chi connectivity index (χ4n) is 2.41. The van der Waals surface area contributed by atoms with Crippen LogP contribution in [0.3, 0.4) is 0 Å². The molecule has 0 atom stereocenters. The van der Waals surface area contributed by atoms with E-state index in [0.717, 1.165) is 17.3 Å². The first-order valence-electron chi connectivity index (χ1n) is 6.06. The lowest BCUT2D eigenvalue weighted by Gasteiger charge is -2.35. The van der Waals surface area contributed by atoms with Crippen LogP contribution in [0.4, 0.5) is 0 Å². The molecule has 0 aromatic carbocycles. The highest BCUT2D eigenvalue weighted by atomic mass is 32.2. The standard InChI is InChI=1S/C13H20OS2/c15-10-13(6-2-1-3-7-13)11-16-9-12-5-4-8-14-12/h4-5,8,15H,1-3,6-7,9-11H2. The van der Waals surface area contributed by atoms with Crippen molar-refractivity contribution in [2.45, 2.75) is 37.9 Å². The number of hydrogen-bond acceptors (Lipinski definition) is 3. The predicted molar refractivity (Wildman–Crippen MR) is 74.2 cm³/mol. The molecule has 0 amide bonds. The van der Waals surface area contributed by atoms with Gasteiger partial charge in [-0.15, -0.1) is 0 Å². The summed E-state index contributed by atoms with van der Waals surface area (Å²) in [4.78, 5) is 0. The minimum absolute atomic E-state index is 0.499. The predicted octanol–water partition coefficient (Wildman–Crippen LogP) is 4.39. The van der Waals surface area contributed by atoms with Gasteiger partial charge in [0, 0.05) is 5.75 Å². The van der Waals surface area contributed by atoms with E-state index in [1.165, 1.54) is 37.9 Å². The molecule has 1 nitrogen and oxygen atoms in total. The maximum atomic E-state index is 5.35. The number of thioether (sulfide) groups is 1. The number of hydrogen-bond donors (Lipinski definition) is 1. The fourth-order valence-corrected chi connectivity index (χ4v) is 4.28. The van der Waals surface area contributed by atoms with Crippen LogP contribution in [0, 0.1) is 5.41 Å². The summed E-state index contributed by atoms with van der Waals surface area (Å²) < 4.78 is 5.35. The van der Waals surface area contributed by atoms with Crippen molar-refractivity contribution in [1.29, 1.82) is 0 Å². The van der Waals surface area contributed by atoms with Crippen molar-refractivity contribution >= 4 is 24.4 Å². The molecule has 0 saturated heterocycles. The fraction of sp³-hybridized carbons (Fsp3) is 0.692. The van der Waals surface area contributed by atoms with E-state index in [1.54, 1.807) is 6.26 Å². The third kappa shape index (κ3) is 3.24. The summed E-state index contributed by atoms with van der Waals surface area (Å²) in [6.07, 6.45) is 8.68. The van der Waals surface area contributed by atoms with E-state index >= 15 is 0 Å². The van der Waals surface area contributed by atoms with Crippen LogP contribution < -0.4 is 0 Å². The summed E-state index contributed by atoms with van der Waals surface area (Å²) >= 11 is 6.56. The molecule has 0 bridgehead atoms. The topological polar surface area (TPSA) is 13.1 Å². The maximum absolute atomic E-state index is 5.35. The summed E-state index contributed by atoms with van der Waals surface area (Å²) in [5, 5.41) is 0. The number of thiol groups is 1. The van der Waals surface area contributed by atoms with E-state index in [9.17, 15) is 0 Å². The Morgan fingerprint density at radius 2 is 2.12 bits per heavy atom. The molecule has 0 aliphatic heterocycles. The van der Waals surface area contributed by atoms with Crippen LogP contribution in [0.15, 0.2) is 22.8 Å². The van der Waals surface area contributed by atoms with E-state index in [-0.39, 0.29) is 0 Å². The van der Waals surface area contributed by atoms with Gasteiger partial charge in [0.1, 0.15) is 5.76 Å². The van der Waals surface area contributed by atoms with Gasteiger partial charge in [0.05, 0.1) is 12.0 Å². The lowest BCUT2D eigenvalue weighted by atomic mass is 9.77. The van der Waals surface area contributed by atoms with Crippen molar-refractivity contribution in [3.8, 4) is 0 Å². The van der Waals surface area contributed by atoms with Crippen molar-refractivity contribution in [3.05, 3.63) is 24.2 Å². The van der Waals surface area contributed by atoms with Crippen LogP contribution in [0.5, 0.6) is 0 Å². The van der Waals surface area contributed by atoms with Crippen molar-refractivity contribution in [1.82, 2.24) is 0 Å². The molecule has 0 radical (unpaired) electrons. The quantitative estimate of drug-likeness (QED) is 0.785. The van der Waals surface area contributed by atoms with Gasteiger partial charge in [-0.1, -0.05) is 19.3 Å². The van der Waals surface area contributed by atoms with Gasteiger partial charge in [-0.05, 0) is 36.1 Å². The monoisotopic (exact) mass is 256 g/mol. The molecule has 2 rings (SSSR count). The van der Waals surface area contributed by atoms with Crippen LogP contribution in [-0.4, -0.2) is 11.5 Å². The Morgan fingerprint density at radius 1 is 1.31 bits per heavy atom. The van der Waals surface area contributed by atoms with Gasteiger partial charge >= 0.3 is 0 Å². The second-order valence-corrected chi connectivity index (χ2v) is 6.09. The van der Waals surface area contributed by atoms with Gasteiger partial charge in [-0.25, -0.2) is 0 Å². The molecule has 1 aromatic heterocycles. The normalized spacial score (nSPS) is 19.8. The molecule has 0 spiro atoms. The van der Waals surface area contributed by atoms with E-state index in [2.05, 4.69) is 18.7 Å². The Bertz CT molecular complexity index is 289. The summed E-state index contributed by atoms with van der Waals surface area (Å²) in [6, 6.07) is 4.02. The smallest absolute Gasteiger partial charge is 0.113 e. The molecule has 1 aliphatic carbocycles. The van der Waals surface area contributed by atoms with Gasteiger partial charge in [-0.3, -0.25) is 0 Å². The van der Waals surface area contributed by atoms with E-state index in [1.807, 2.05) is 17.8 Å². The summed E-state index contributed by atoms with van der Waals surface area (Å²) in [5.74, 6) is 4.37. The highest BCUT2D eigenvalue weighted by molar-refractivity contribution is 7.98. The lowest BCUT2D eigenvalue weighted by Crippen LogP contribution is -2.28. The Balaban J connectivity index is 1.78. The SMILES string of the molecule is SCC1(CSCc2ccco2)CCCCC1. The van der Waals surface area contributed by atoms with Crippen molar-refractivity contribution < 1.29 is 4.42 Å². The molecule has 0 N–H and O–H groups in total. The molecule has 1 heterocycles. The molecule has 3 heteroatoms. The van der Waals surface area contributed by atoms with Crippen LogP contribution in [0.2, 0.25) is 0 Å². The summed E-state index contributed by atoms with van der Waals surface area (Å²) in [7, 11) is 0. The molecular formula is C13H20OS2. The first kappa shape index (κ1) is 12.4. The van der Waals surface area contributed by atoms with Crippen molar-refractivity contribution in [2.75, 3.05) is 11.5 Å². The maximum Gasteiger partial charge on any atom is 0.113 e.